The fourth-order valence-corrected chi connectivity index (χ4v) is 1.05. The number of aryl methyl sites for hydroxylation is 1. The Hall–Kier alpha value is -0.800. The molecule has 0 saturated heterocycles. The van der Waals surface area contributed by atoms with E-state index in [1.807, 2.05) is 19.1 Å². The van der Waals surface area contributed by atoms with Crippen molar-refractivity contribution in [2.24, 2.45) is 5.73 Å². The molecule has 1 aromatic carbocycles. The second kappa shape index (κ2) is 4.44. The van der Waals surface area contributed by atoms with Crippen LogP contribution in [0, 0.1) is 6.92 Å². The first-order valence-corrected chi connectivity index (χ1v) is 4.55. The van der Waals surface area contributed by atoms with Crippen LogP contribution in [0.2, 0.25) is 5.02 Å². The first kappa shape index (κ1) is 10.3. The Morgan fingerprint density at radius 1 is 1.62 bits per heavy atom. The lowest BCUT2D eigenvalue weighted by molar-refractivity contribution is 0.377. The molecule has 2 N–H and O–H groups in total. The lowest BCUT2D eigenvalue weighted by atomic mass is 10.2. The summed E-state index contributed by atoms with van der Waals surface area (Å²) in [5.74, 6) is 0.684. The van der Waals surface area contributed by atoms with Crippen molar-refractivity contribution in [3.63, 3.8) is 0 Å². The van der Waals surface area contributed by atoms with Gasteiger partial charge in [0.15, 0.2) is 0 Å². The summed E-state index contributed by atoms with van der Waals surface area (Å²) >= 11 is 10.6. The van der Waals surface area contributed by atoms with E-state index in [1.54, 1.807) is 6.07 Å². The second-order valence-electron chi connectivity index (χ2n) is 2.67. The van der Waals surface area contributed by atoms with Crippen LogP contribution in [0.5, 0.6) is 5.75 Å². The molecule has 2 nitrogen and oxygen atoms in total. The van der Waals surface area contributed by atoms with Crippen molar-refractivity contribution in [2.45, 2.75) is 6.92 Å². The molecule has 0 aromatic heterocycles. The van der Waals surface area contributed by atoms with Crippen molar-refractivity contribution in [3.8, 4) is 5.75 Å². The zero-order chi connectivity index (χ0) is 9.84. The lowest BCUT2D eigenvalue weighted by Gasteiger charge is -2.05. The molecule has 0 fully saturated rings. The Bertz CT molecular complexity index is 327. The maximum atomic E-state index is 5.89. The smallest absolute Gasteiger partial charge is 0.138 e. The third-order valence-corrected chi connectivity index (χ3v) is 2.05. The number of ether oxygens (including phenoxy) is 1. The highest BCUT2D eigenvalue weighted by molar-refractivity contribution is 7.80. The van der Waals surface area contributed by atoms with E-state index in [0.717, 1.165) is 5.56 Å². The average Bonchev–Trinajstić information content (AvgIpc) is 2.07. The molecular weight excluding hydrogens is 206 g/mol. The summed E-state index contributed by atoms with van der Waals surface area (Å²) in [6.45, 7) is 2.18. The number of nitrogens with two attached hydrogens (primary N) is 1. The summed E-state index contributed by atoms with van der Waals surface area (Å²) in [4.78, 5) is 0.330. The lowest BCUT2D eigenvalue weighted by Crippen LogP contribution is -2.17. The van der Waals surface area contributed by atoms with Gasteiger partial charge < -0.3 is 10.5 Å². The zero-order valence-electron chi connectivity index (χ0n) is 7.21. The number of benzene rings is 1. The largest absolute Gasteiger partial charge is 0.486 e. The molecule has 0 aliphatic carbocycles. The predicted octanol–water partition coefficient (Wildman–Crippen LogP) is 2.31. The van der Waals surface area contributed by atoms with Crippen LogP contribution < -0.4 is 10.5 Å². The van der Waals surface area contributed by atoms with Crippen LogP contribution in [-0.4, -0.2) is 11.6 Å². The summed E-state index contributed by atoms with van der Waals surface area (Å²) in [5, 5.41) is 0.681. The maximum absolute atomic E-state index is 5.89. The van der Waals surface area contributed by atoms with Crippen LogP contribution in [0.15, 0.2) is 18.2 Å². The SMILES string of the molecule is Cc1ccc(OCC(N)=S)cc1Cl. The third-order valence-electron chi connectivity index (χ3n) is 1.52. The van der Waals surface area contributed by atoms with Gasteiger partial charge in [-0.1, -0.05) is 29.9 Å². The van der Waals surface area contributed by atoms with E-state index in [0.29, 0.717) is 15.8 Å². The average molecular weight is 216 g/mol. The van der Waals surface area contributed by atoms with Crippen LogP contribution in [0.3, 0.4) is 0 Å². The van der Waals surface area contributed by atoms with Crippen molar-refractivity contribution < 1.29 is 4.74 Å². The van der Waals surface area contributed by atoms with Crippen molar-refractivity contribution in [1.29, 1.82) is 0 Å². The van der Waals surface area contributed by atoms with E-state index in [1.165, 1.54) is 0 Å². The molecular formula is C9H10ClNOS. The molecule has 70 valence electrons. The van der Waals surface area contributed by atoms with Crippen molar-refractivity contribution in [1.82, 2.24) is 0 Å². The van der Waals surface area contributed by atoms with Gasteiger partial charge >= 0.3 is 0 Å². The maximum Gasteiger partial charge on any atom is 0.138 e. The van der Waals surface area contributed by atoms with Crippen LogP contribution >= 0.6 is 23.8 Å². The molecule has 0 radical (unpaired) electrons. The summed E-state index contributed by atoms with van der Waals surface area (Å²) in [7, 11) is 0. The van der Waals surface area contributed by atoms with Gasteiger partial charge in [-0.25, -0.2) is 0 Å². The normalized spacial score (nSPS) is 9.69. The Kier molecular flexibility index (Phi) is 3.51. The first-order valence-electron chi connectivity index (χ1n) is 3.77. The Balaban J connectivity index is 2.68. The molecule has 0 aliphatic rings. The van der Waals surface area contributed by atoms with Gasteiger partial charge in [0.05, 0.1) is 0 Å². The van der Waals surface area contributed by atoms with Gasteiger partial charge in [-0.15, -0.1) is 0 Å². The number of hydrogen-bond donors (Lipinski definition) is 1. The highest BCUT2D eigenvalue weighted by atomic mass is 35.5. The third kappa shape index (κ3) is 3.20. The number of hydrogen-bond acceptors (Lipinski definition) is 2. The predicted molar refractivity (Wildman–Crippen MR) is 58.5 cm³/mol. The van der Waals surface area contributed by atoms with Crippen molar-refractivity contribution in [3.05, 3.63) is 28.8 Å². The molecule has 0 bridgehead atoms. The van der Waals surface area contributed by atoms with E-state index in [4.69, 9.17) is 22.1 Å². The Labute approximate surface area is 87.6 Å². The van der Waals surface area contributed by atoms with Gasteiger partial charge in [0.1, 0.15) is 17.3 Å². The highest BCUT2D eigenvalue weighted by Crippen LogP contribution is 2.21. The molecule has 13 heavy (non-hydrogen) atoms. The van der Waals surface area contributed by atoms with Gasteiger partial charge in [0.25, 0.3) is 0 Å². The van der Waals surface area contributed by atoms with Crippen molar-refractivity contribution in [2.75, 3.05) is 6.61 Å². The fraction of sp³-hybridized carbons (Fsp3) is 0.222. The molecule has 0 amide bonds. The minimum absolute atomic E-state index is 0.245. The number of rotatable bonds is 3. The van der Waals surface area contributed by atoms with Crippen LogP contribution in [-0.2, 0) is 0 Å². The van der Waals surface area contributed by atoms with E-state index < -0.39 is 0 Å². The molecule has 0 atom stereocenters. The van der Waals surface area contributed by atoms with Gasteiger partial charge in [-0.3, -0.25) is 0 Å². The molecule has 1 aromatic rings. The molecule has 0 spiro atoms. The minimum Gasteiger partial charge on any atom is -0.486 e. The number of thiocarbonyl (C=S) groups is 1. The summed E-state index contributed by atoms with van der Waals surface area (Å²) in [6.07, 6.45) is 0. The van der Waals surface area contributed by atoms with Gasteiger partial charge in [-0.2, -0.15) is 0 Å². The first-order chi connectivity index (χ1) is 6.09. The van der Waals surface area contributed by atoms with E-state index in [-0.39, 0.29) is 6.61 Å². The number of halogens is 1. The Morgan fingerprint density at radius 3 is 2.85 bits per heavy atom. The summed E-state index contributed by atoms with van der Waals surface area (Å²) in [5.41, 5.74) is 6.30. The summed E-state index contributed by atoms with van der Waals surface area (Å²) in [6, 6.07) is 5.46. The van der Waals surface area contributed by atoms with Crippen molar-refractivity contribution >= 4 is 28.8 Å². The quantitative estimate of drug-likeness (QED) is 0.786. The fourth-order valence-electron chi connectivity index (χ4n) is 0.818. The Morgan fingerprint density at radius 2 is 2.31 bits per heavy atom. The zero-order valence-corrected chi connectivity index (χ0v) is 8.78. The molecule has 0 unspecified atom stereocenters. The van der Waals surface area contributed by atoms with Crippen LogP contribution in [0.4, 0.5) is 0 Å². The van der Waals surface area contributed by atoms with E-state index in [9.17, 15) is 0 Å². The van der Waals surface area contributed by atoms with Gasteiger partial charge in [-0.05, 0) is 24.6 Å². The minimum atomic E-state index is 0.245. The highest BCUT2D eigenvalue weighted by Gasteiger charge is 1.98. The molecule has 0 heterocycles. The topological polar surface area (TPSA) is 35.2 Å². The molecule has 1 rings (SSSR count). The van der Waals surface area contributed by atoms with E-state index in [2.05, 4.69) is 12.2 Å². The standard InChI is InChI=1S/C9H10ClNOS/c1-6-2-3-7(4-8(6)10)12-5-9(11)13/h2-4H,5H2,1H3,(H2,11,13). The monoisotopic (exact) mass is 215 g/mol. The van der Waals surface area contributed by atoms with E-state index >= 15 is 0 Å². The van der Waals surface area contributed by atoms with Crippen LogP contribution in [0.25, 0.3) is 0 Å². The van der Waals surface area contributed by atoms with Gasteiger partial charge in [0, 0.05) is 5.02 Å². The molecule has 4 heteroatoms. The second-order valence-corrected chi connectivity index (χ2v) is 3.60. The summed E-state index contributed by atoms with van der Waals surface area (Å²) < 4.78 is 5.25. The molecule has 0 saturated carbocycles. The van der Waals surface area contributed by atoms with Gasteiger partial charge in [0.2, 0.25) is 0 Å². The van der Waals surface area contributed by atoms with Crippen LogP contribution in [0.1, 0.15) is 5.56 Å². The molecule has 0 aliphatic heterocycles.